The van der Waals surface area contributed by atoms with E-state index in [0.717, 1.165) is 26.4 Å². The van der Waals surface area contributed by atoms with Crippen LogP contribution in [0.1, 0.15) is 36.7 Å². The van der Waals surface area contributed by atoms with Crippen LogP contribution in [0.5, 0.6) is 0 Å². The summed E-state index contributed by atoms with van der Waals surface area (Å²) in [5.41, 5.74) is -3.93. The van der Waals surface area contributed by atoms with Crippen LogP contribution in [0.3, 0.4) is 0 Å². The summed E-state index contributed by atoms with van der Waals surface area (Å²) in [5, 5.41) is 0. The Morgan fingerprint density at radius 2 is 1.35 bits per heavy atom. The zero-order valence-corrected chi connectivity index (χ0v) is 13.6. The molecule has 0 N–H and O–H groups in total. The second kappa shape index (κ2) is 6.76. The summed E-state index contributed by atoms with van der Waals surface area (Å²) in [6.45, 7) is 5.13. The molecule has 0 bridgehead atoms. The molecule has 0 unspecified atom stereocenters. The molecule has 0 aliphatic rings. The fraction of sp³-hybridized carbons (Fsp3) is 0.438. The molecule has 126 valence electrons. The highest BCUT2D eigenvalue weighted by Gasteiger charge is 2.51. The Morgan fingerprint density at radius 3 is 1.70 bits per heavy atom. The van der Waals surface area contributed by atoms with Crippen molar-refractivity contribution < 1.29 is 33.0 Å². The molecule has 1 aromatic carbocycles. The lowest BCUT2D eigenvalue weighted by molar-refractivity contribution is -0.172. The fourth-order valence-corrected chi connectivity index (χ4v) is 1.77. The molecular formula is C16H19FO6. The van der Waals surface area contributed by atoms with Gasteiger partial charge in [0.05, 0.1) is 19.8 Å². The molecule has 6 nitrogen and oxygen atoms in total. The highest BCUT2D eigenvalue weighted by molar-refractivity contribution is 6.04. The van der Waals surface area contributed by atoms with Gasteiger partial charge in [-0.25, -0.2) is 18.8 Å². The third kappa shape index (κ3) is 4.06. The van der Waals surface area contributed by atoms with Crippen LogP contribution >= 0.6 is 0 Å². The molecule has 0 radical (unpaired) electrons. The molecule has 0 saturated carbocycles. The summed E-state index contributed by atoms with van der Waals surface area (Å²) in [6.07, 6.45) is 0. The largest absolute Gasteiger partial charge is 0.466 e. The van der Waals surface area contributed by atoms with Gasteiger partial charge < -0.3 is 14.2 Å². The molecule has 1 aromatic rings. The number of carbonyl (C=O) groups excluding carboxylic acids is 3. The summed E-state index contributed by atoms with van der Waals surface area (Å²) in [7, 11) is 1.91. The summed E-state index contributed by atoms with van der Waals surface area (Å²) in [6, 6.07) is 4.77. The van der Waals surface area contributed by atoms with E-state index in [-0.39, 0.29) is 11.1 Å². The Morgan fingerprint density at radius 1 is 0.913 bits per heavy atom. The Bertz CT molecular complexity index is 584. The molecule has 0 amide bonds. The topological polar surface area (TPSA) is 78.9 Å². The lowest BCUT2D eigenvalue weighted by atomic mass is 9.95. The number of methoxy groups -OCH3 is 2. The lowest BCUT2D eigenvalue weighted by Gasteiger charge is -2.21. The number of rotatable bonds is 4. The van der Waals surface area contributed by atoms with E-state index in [1.807, 2.05) is 0 Å². The van der Waals surface area contributed by atoms with Crippen LogP contribution in [0.25, 0.3) is 0 Å². The van der Waals surface area contributed by atoms with Gasteiger partial charge in [0.2, 0.25) is 0 Å². The Kier molecular flexibility index (Phi) is 5.47. The van der Waals surface area contributed by atoms with Crippen LogP contribution in [-0.2, 0) is 29.5 Å². The summed E-state index contributed by atoms with van der Waals surface area (Å²) < 4.78 is 28.7. The maximum absolute atomic E-state index is 14.9. The Hall–Kier alpha value is -2.44. The summed E-state index contributed by atoms with van der Waals surface area (Å²) >= 11 is 0. The molecule has 0 fully saturated rings. The first kappa shape index (κ1) is 18.6. The highest BCUT2D eigenvalue weighted by atomic mass is 19.1. The van der Waals surface area contributed by atoms with Crippen molar-refractivity contribution in [2.45, 2.75) is 32.0 Å². The second-order valence-corrected chi connectivity index (χ2v) is 5.72. The third-order valence-electron chi connectivity index (χ3n) is 2.85. The zero-order valence-electron chi connectivity index (χ0n) is 13.6. The Labute approximate surface area is 133 Å². The number of halogens is 1. The molecule has 1 rings (SSSR count). The number of hydrogen-bond acceptors (Lipinski definition) is 6. The van der Waals surface area contributed by atoms with Crippen LogP contribution < -0.4 is 0 Å². The normalized spacial score (nSPS) is 11.6. The van der Waals surface area contributed by atoms with Gasteiger partial charge in [-0.2, -0.15) is 0 Å². The van der Waals surface area contributed by atoms with E-state index in [4.69, 9.17) is 4.74 Å². The molecule has 0 aliphatic heterocycles. The molecule has 0 atom stereocenters. The van der Waals surface area contributed by atoms with Gasteiger partial charge in [-0.1, -0.05) is 12.1 Å². The third-order valence-corrected chi connectivity index (χ3v) is 2.85. The van der Waals surface area contributed by atoms with Gasteiger partial charge in [0.1, 0.15) is 5.60 Å². The molecular weight excluding hydrogens is 307 g/mol. The molecule has 23 heavy (non-hydrogen) atoms. The average Bonchev–Trinajstić information content (AvgIpc) is 2.50. The number of ether oxygens (including phenoxy) is 3. The second-order valence-electron chi connectivity index (χ2n) is 5.72. The molecule has 0 saturated heterocycles. The van der Waals surface area contributed by atoms with E-state index in [9.17, 15) is 18.8 Å². The SMILES string of the molecule is COC(=O)C(F)(C(=O)OC)c1ccc(C(=O)OC(C)(C)C)cc1. The molecule has 0 heterocycles. The number of esters is 3. The van der Waals surface area contributed by atoms with Gasteiger partial charge in [-0.3, -0.25) is 0 Å². The van der Waals surface area contributed by atoms with Gasteiger partial charge in [-0.15, -0.1) is 0 Å². The van der Waals surface area contributed by atoms with Gasteiger partial charge in [0.25, 0.3) is 0 Å². The van der Waals surface area contributed by atoms with Crippen molar-refractivity contribution in [2.24, 2.45) is 0 Å². The van der Waals surface area contributed by atoms with Crippen LogP contribution in [-0.4, -0.2) is 37.7 Å². The van der Waals surface area contributed by atoms with E-state index >= 15 is 0 Å². The summed E-state index contributed by atoms with van der Waals surface area (Å²) in [4.78, 5) is 35.2. The van der Waals surface area contributed by atoms with Crippen LogP contribution in [0.4, 0.5) is 4.39 Å². The minimum absolute atomic E-state index is 0.153. The predicted molar refractivity (Wildman–Crippen MR) is 78.4 cm³/mol. The predicted octanol–water partition coefficient (Wildman–Crippen LogP) is 2.15. The monoisotopic (exact) mass is 326 g/mol. The van der Waals surface area contributed by atoms with E-state index in [1.54, 1.807) is 20.8 Å². The number of carbonyl (C=O) groups is 3. The van der Waals surface area contributed by atoms with E-state index < -0.39 is 29.2 Å². The molecule has 0 spiro atoms. The van der Waals surface area contributed by atoms with Crippen LogP contribution in [0, 0.1) is 0 Å². The van der Waals surface area contributed by atoms with Crippen molar-refractivity contribution in [1.82, 2.24) is 0 Å². The molecule has 0 aromatic heterocycles. The maximum atomic E-state index is 14.9. The summed E-state index contributed by atoms with van der Waals surface area (Å²) in [5.74, 6) is -3.42. The van der Waals surface area contributed by atoms with Crippen molar-refractivity contribution in [3.63, 3.8) is 0 Å². The molecule has 7 heteroatoms. The van der Waals surface area contributed by atoms with E-state index in [1.165, 1.54) is 12.1 Å². The van der Waals surface area contributed by atoms with Gasteiger partial charge in [0, 0.05) is 5.56 Å². The van der Waals surface area contributed by atoms with Gasteiger partial charge in [0.15, 0.2) is 0 Å². The maximum Gasteiger partial charge on any atom is 0.360 e. The minimum atomic E-state index is -3.10. The number of benzene rings is 1. The van der Waals surface area contributed by atoms with Gasteiger partial charge >= 0.3 is 23.6 Å². The first-order chi connectivity index (χ1) is 10.6. The lowest BCUT2D eigenvalue weighted by Crippen LogP contribution is -2.41. The van der Waals surface area contributed by atoms with Crippen molar-refractivity contribution in [2.75, 3.05) is 14.2 Å². The smallest absolute Gasteiger partial charge is 0.360 e. The van der Waals surface area contributed by atoms with Crippen molar-refractivity contribution in [1.29, 1.82) is 0 Å². The van der Waals surface area contributed by atoms with Crippen molar-refractivity contribution in [3.8, 4) is 0 Å². The van der Waals surface area contributed by atoms with Crippen LogP contribution in [0.2, 0.25) is 0 Å². The Balaban J connectivity index is 3.17. The zero-order chi connectivity index (χ0) is 17.8. The minimum Gasteiger partial charge on any atom is -0.466 e. The fourth-order valence-electron chi connectivity index (χ4n) is 1.77. The molecule has 0 aliphatic carbocycles. The number of alkyl halides is 1. The van der Waals surface area contributed by atoms with Crippen molar-refractivity contribution in [3.05, 3.63) is 35.4 Å². The highest BCUT2D eigenvalue weighted by Crippen LogP contribution is 2.30. The first-order valence-corrected chi connectivity index (χ1v) is 6.76. The average molecular weight is 326 g/mol. The van der Waals surface area contributed by atoms with Gasteiger partial charge in [-0.05, 0) is 32.9 Å². The van der Waals surface area contributed by atoms with E-state index in [2.05, 4.69) is 9.47 Å². The van der Waals surface area contributed by atoms with Crippen LogP contribution in [0.15, 0.2) is 24.3 Å². The van der Waals surface area contributed by atoms with Crippen molar-refractivity contribution >= 4 is 17.9 Å². The van der Waals surface area contributed by atoms with E-state index in [0.29, 0.717) is 0 Å². The first-order valence-electron chi connectivity index (χ1n) is 6.76. The quantitative estimate of drug-likeness (QED) is 0.479. The number of hydrogen-bond donors (Lipinski definition) is 0. The standard InChI is InChI=1S/C16H19FO6/c1-15(2,3)23-12(18)10-6-8-11(9-7-10)16(17,13(19)21-4)14(20)22-5/h6-9H,1-5H3.